The van der Waals surface area contributed by atoms with Crippen molar-refractivity contribution in [3.8, 4) is 45.0 Å². The molecule has 0 fully saturated rings. The van der Waals surface area contributed by atoms with Gasteiger partial charge in [0.1, 0.15) is 0 Å². The van der Waals surface area contributed by atoms with Gasteiger partial charge in [-0.3, -0.25) is 5.41 Å². The molecule has 2 aromatic heterocycles. The van der Waals surface area contributed by atoms with Crippen LogP contribution in [0.15, 0.2) is 152 Å². The van der Waals surface area contributed by atoms with E-state index in [0.717, 1.165) is 28.8 Å². The summed E-state index contributed by atoms with van der Waals surface area (Å²) in [5.41, 5.74) is 9.22. The quantitative estimate of drug-likeness (QED) is 0.168. The minimum Gasteiger partial charge on any atom is -0.300 e. The van der Waals surface area contributed by atoms with Crippen LogP contribution in [0.1, 0.15) is 22.3 Å². The number of rotatable bonds is 7. The van der Waals surface area contributed by atoms with Gasteiger partial charge in [0, 0.05) is 27.8 Å². The molecule has 6 aromatic carbocycles. The van der Waals surface area contributed by atoms with Crippen molar-refractivity contribution in [3.05, 3.63) is 174 Å². The highest BCUT2D eigenvalue weighted by Crippen LogP contribution is 2.39. The van der Waals surface area contributed by atoms with Gasteiger partial charge in [-0.1, -0.05) is 104 Å². The number of aryl methyl sites for hydroxylation is 1. The molecule has 8 heteroatoms. The predicted octanol–water partition coefficient (Wildman–Crippen LogP) is 11.6. The molecule has 256 valence electrons. The Balaban J connectivity index is 1.42. The molecule has 8 aromatic rings. The van der Waals surface area contributed by atoms with E-state index in [4.69, 9.17) is 25.3 Å². The van der Waals surface area contributed by atoms with Crippen LogP contribution < -0.4 is 0 Å². The Labute approximate surface area is 303 Å². The summed E-state index contributed by atoms with van der Waals surface area (Å²) in [5, 5.41) is 9.14. The number of benzene rings is 6. The Hall–Kier alpha value is -6.80. The van der Waals surface area contributed by atoms with Gasteiger partial charge in [-0.05, 0) is 72.1 Å². The van der Waals surface area contributed by atoms with Crippen LogP contribution in [-0.2, 0) is 6.18 Å². The van der Waals surface area contributed by atoms with Gasteiger partial charge in [0.15, 0.2) is 0 Å². The molecule has 0 bridgehead atoms. The number of allylic oxidation sites excluding steroid dienone is 1. The second-order valence-corrected chi connectivity index (χ2v) is 12.8. The molecule has 5 nitrogen and oxygen atoms in total. The normalized spacial score (nSPS) is 11.5. The lowest BCUT2D eigenvalue weighted by Gasteiger charge is -2.17. The van der Waals surface area contributed by atoms with Crippen molar-refractivity contribution < 1.29 is 13.2 Å². The van der Waals surface area contributed by atoms with Crippen molar-refractivity contribution in [1.29, 1.82) is 5.41 Å². The fourth-order valence-electron chi connectivity index (χ4n) is 6.39. The lowest BCUT2D eigenvalue weighted by molar-refractivity contribution is -0.137. The maximum absolute atomic E-state index is 13.8. The van der Waals surface area contributed by atoms with Gasteiger partial charge in [-0.15, -0.1) is 0 Å². The summed E-state index contributed by atoms with van der Waals surface area (Å²) >= 11 is 0. The molecule has 0 spiro atoms. The molecular weight excluding hydrogens is 668 g/mol. The molecule has 0 amide bonds. The van der Waals surface area contributed by atoms with E-state index in [1.807, 2.05) is 134 Å². The minimum atomic E-state index is -4.54. The Kier molecular flexibility index (Phi) is 8.43. The topological polar surface area (TPSA) is 75.4 Å². The van der Waals surface area contributed by atoms with E-state index >= 15 is 0 Å². The highest BCUT2D eigenvalue weighted by molar-refractivity contribution is 6.30. The lowest BCUT2D eigenvalue weighted by atomic mass is 9.91. The number of aromatic nitrogens is 4. The van der Waals surface area contributed by atoms with Crippen molar-refractivity contribution >= 4 is 33.4 Å². The molecule has 0 aliphatic heterocycles. The van der Waals surface area contributed by atoms with Crippen LogP contribution >= 0.6 is 0 Å². The summed E-state index contributed by atoms with van der Waals surface area (Å²) < 4.78 is 41.4. The van der Waals surface area contributed by atoms with Crippen molar-refractivity contribution in [3.63, 3.8) is 0 Å². The summed E-state index contributed by atoms with van der Waals surface area (Å²) in [6.07, 6.45) is -4.54. The van der Waals surface area contributed by atoms with Crippen molar-refractivity contribution in [2.75, 3.05) is 0 Å². The Morgan fingerprint density at radius 1 is 0.491 bits per heavy atom. The molecule has 53 heavy (non-hydrogen) atoms. The van der Waals surface area contributed by atoms with E-state index in [1.165, 1.54) is 6.07 Å². The third kappa shape index (κ3) is 6.58. The van der Waals surface area contributed by atoms with Gasteiger partial charge < -0.3 is 0 Å². The highest BCUT2D eigenvalue weighted by Gasteiger charge is 2.31. The first kappa shape index (κ1) is 33.3. The maximum Gasteiger partial charge on any atom is 0.416 e. The second kappa shape index (κ2) is 13.4. The number of fused-ring (bicyclic) bond motifs is 2. The van der Waals surface area contributed by atoms with E-state index in [-0.39, 0.29) is 11.2 Å². The lowest BCUT2D eigenvalue weighted by Crippen LogP contribution is -2.06. The van der Waals surface area contributed by atoms with E-state index in [0.29, 0.717) is 67.2 Å². The summed E-state index contributed by atoms with van der Waals surface area (Å²) in [6.45, 7) is 6.38. The van der Waals surface area contributed by atoms with E-state index < -0.39 is 11.7 Å². The smallest absolute Gasteiger partial charge is 0.300 e. The summed E-state index contributed by atoms with van der Waals surface area (Å²) in [5.74, 6) is 0. The van der Waals surface area contributed by atoms with Crippen molar-refractivity contribution in [2.45, 2.75) is 13.1 Å². The molecular formula is C45H30F3N5. The number of nitrogens with zero attached hydrogens (tertiary/aromatic N) is 4. The number of halogens is 3. The van der Waals surface area contributed by atoms with E-state index in [2.05, 4.69) is 6.58 Å². The third-order valence-electron chi connectivity index (χ3n) is 9.10. The maximum atomic E-state index is 13.8. The van der Waals surface area contributed by atoms with E-state index in [1.54, 1.807) is 0 Å². The third-order valence-corrected chi connectivity index (χ3v) is 9.10. The average Bonchev–Trinajstić information content (AvgIpc) is 3.19. The fourth-order valence-corrected chi connectivity index (χ4v) is 6.39. The van der Waals surface area contributed by atoms with Crippen molar-refractivity contribution in [1.82, 2.24) is 19.9 Å². The molecule has 2 heterocycles. The van der Waals surface area contributed by atoms with Crippen LogP contribution in [0.4, 0.5) is 13.2 Å². The average molecular weight is 698 g/mol. The number of nitrogens with one attached hydrogen (secondary N) is 1. The Bertz CT molecular complexity index is 2690. The molecule has 0 atom stereocenters. The van der Waals surface area contributed by atoms with Crippen LogP contribution in [0.3, 0.4) is 0 Å². The second-order valence-electron chi connectivity index (χ2n) is 12.8. The van der Waals surface area contributed by atoms with Crippen molar-refractivity contribution in [2.24, 2.45) is 0 Å². The molecule has 0 saturated carbocycles. The number of alkyl halides is 3. The highest BCUT2D eigenvalue weighted by atomic mass is 19.4. The zero-order valence-corrected chi connectivity index (χ0v) is 28.5. The molecule has 0 unspecified atom stereocenters. The van der Waals surface area contributed by atoms with Crippen LogP contribution in [0.5, 0.6) is 0 Å². The summed E-state index contributed by atoms with van der Waals surface area (Å²) in [6, 6.07) is 43.6. The Morgan fingerprint density at radius 2 is 0.943 bits per heavy atom. The van der Waals surface area contributed by atoms with Crippen LogP contribution in [0.2, 0.25) is 0 Å². The monoisotopic (exact) mass is 697 g/mol. The van der Waals surface area contributed by atoms with Crippen LogP contribution in [0, 0.1) is 12.3 Å². The first-order valence-electron chi connectivity index (χ1n) is 16.9. The minimum absolute atomic E-state index is 0.121. The van der Waals surface area contributed by atoms with E-state index in [9.17, 15) is 13.2 Å². The summed E-state index contributed by atoms with van der Waals surface area (Å²) in [7, 11) is 0. The van der Waals surface area contributed by atoms with Crippen LogP contribution in [0.25, 0.3) is 72.7 Å². The van der Waals surface area contributed by atoms with Crippen LogP contribution in [-0.4, -0.2) is 25.6 Å². The molecule has 8 rings (SSSR count). The molecule has 0 radical (unpaired) electrons. The van der Waals surface area contributed by atoms with Gasteiger partial charge in [0.2, 0.25) is 0 Å². The number of hydrogen-bond acceptors (Lipinski definition) is 5. The van der Waals surface area contributed by atoms with Gasteiger partial charge in [0.05, 0.1) is 56.1 Å². The zero-order chi connectivity index (χ0) is 36.7. The number of hydrogen-bond donors (Lipinski definition) is 1. The van der Waals surface area contributed by atoms with Gasteiger partial charge in [-0.25, -0.2) is 19.9 Å². The first-order valence-corrected chi connectivity index (χ1v) is 16.9. The SMILES string of the molecule is C=C(C(=N)c1ccccc1)c1cc(-c2nc3ccc(C)cc3nc2-c2ccccc2)cc(-c2nc3ccc(C(F)(F)F)cc3nc2-c2ccccc2)c1. The standard InChI is InChI=1S/C45H30F3N5/c1-27-18-20-36-38(22-27)52-41(30-14-8-4-9-15-30)43(50-36)33-23-32(28(2)40(49)29-12-6-3-7-13-29)24-34(25-33)44-42(31-16-10-5-11-17-31)53-39-26-35(45(46,47)48)19-21-37(39)51-44/h3-26,49H,2H2,1H3. The largest absolute Gasteiger partial charge is 0.416 e. The molecule has 0 aliphatic rings. The zero-order valence-electron chi connectivity index (χ0n) is 28.5. The molecule has 0 aliphatic carbocycles. The Morgan fingerprint density at radius 3 is 1.47 bits per heavy atom. The van der Waals surface area contributed by atoms with Gasteiger partial charge in [-0.2, -0.15) is 13.2 Å². The first-order chi connectivity index (χ1) is 25.6. The molecule has 0 saturated heterocycles. The fraction of sp³-hybridized carbons (Fsp3) is 0.0444. The summed E-state index contributed by atoms with van der Waals surface area (Å²) in [4.78, 5) is 20.1. The predicted molar refractivity (Wildman–Crippen MR) is 206 cm³/mol. The van der Waals surface area contributed by atoms with Gasteiger partial charge in [0.25, 0.3) is 0 Å². The molecule has 1 N–H and O–H groups in total. The van der Waals surface area contributed by atoms with Gasteiger partial charge >= 0.3 is 6.18 Å².